The first-order valence-electron chi connectivity index (χ1n) is 10.3. The molecule has 30 heavy (non-hydrogen) atoms. The van der Waals surface area contributed by atoms with Crippen LogP contribution in [0.4, 0.5) is 0 Å². The molecule has 1 aliphatic rings. The fourth-order valence-corrected chi connectivity index (χ4v) is 3.60. The number of aromatic nitrogens is 2. The Hall–Kier alpha value is -3.19. The summed E-state index contributed by atoms with van der Waals surface area (Å²) in [6.45, 7) is 1.61. The van der Waals surface area contributed by atoms with Gasteiger partial charge < -0.3 is 19.9 Å². The number of carbonyl (C=O) groups is 2. The van der Waals surface area contributed by atoms with Gasteiger partial charge >= 0.3 is 0 Å². The monoisotopic (exact) mass is 406 g/mol. The van der Waals surface area contributed by atoms with Gasteiger partial charge in [-0.25, -0.2) is 4.98 Å². The Kier molecular flexibility index (Phi) is 6.39. The SMILES string of the molecule is O=C(CCc1nc2ccccc2[nH]1)NCC1CN(CCc2ccccc2)C(=O)CO1. The van der Waals surface area contributed by atoms with E-state index in [4.69, 9.17) is 4.74 Å². The molecule has 1 aromatic heterocycles. The number of H-pyrrole nitrogens is 1. The average Bonchev–Trinajstić information content (AvgIpc) is 3.20. The summed E-state index contributed by atoms with van der Waals surface area (Å²) in [4.78, 5) is 33.9. The first kappa shape index (κ1) is 20.1. The molecule has 3 aromatic rings. The lowest BCUT2D eigenvalue weighted by molar-refractivity contribution is -0.148. The van der Waals surface area contributed by atoms with Gasteiger partial charge in [-0.3, -0.25) is 9.59 Å². The van der Waals surface area contributed by atoms with Gasteiger partial charge in [0.15, 0.2) is 0 Å². The van der Waals surface area contributed by atoms with E-state index in [0.717, 1.165) is 23.3 Å². The molecule has 0 radical (unpaired) electrons. The van der Waals surface area contributed by atoms with Crippen molar-refractivity contribution in [2.45, 2.75) is 25.4 Å². The fraction of sp³-hybridized carbons (Fsp3) is 0.348. The number of imidazole rings is 1. The fourth-order valence-electron chi connectivity index (χ4n) is 3.60. The van der Waals surface area contributed by atoms with Crippen molar-refractivity contribution in [2.24, 2.45) is 0 Å². The number of aryl methyl sites for hydroxylation is 1. The highest BCUT2D eigenvalue weighted by molar-refractivity contribution is 5.78. The Morgan fingerprint density at radius 2 is 1.93 bits per heavy atom. The van der Waals surface area contributed by atoms with Gasteiger partial charge in [0.25, 0.3) is 0 Å². The minimum absolute atomic E-state index is 0.00149. The Morgan fingerprint density at radius 1 is 1.13 bits per heavy atom. The first-order chi connectivity index (χ1) is 14.7. The normalized spacial score (nSPS) is 16.7. The number of hydrogen-bond donors (Lipinski definition) is 2. The Labute approximate surface area is 175 Å². The topological polar surface area (TPSA) is 87.3 Å². The van der Waals surface area contributed by atoms with Gasteiger partial charge in [0, 0.05) is 32.5 Å². The van der Waals surface area contributed by atoms with Crippen LogP contribution >= 0.6 is 0 Å². The molecule has 0 aliphatic carbocycles. The van der Waals surface area contributed by atoms with E-state index in [-0.39, 0.29) is 24.5 Å². The number of rotatable bonds is 8. The zero-order valence-electron chi connectivity index (χ0n) is 16.8. The Balaban J connectivity index is 1.20. The molecule has 7 heteroatoms. The number of benzene rings is 2. The van der Waals surface area contributed by atoms with Gasteiger partial charge in [-0.05, 0) is 24.1 Å². The highest BCUT2D eigenvalue weighted by atomic mass is 16.5. The number of ether oxygens (including phenoxy) is 1. The van der Waals surface area contributed by atoms with Crippen molar-refractivity contribution in [1.29, 1.82) is 0 Å². The van der Waals surface area contributed by atoms with Crippen LogP contribution in [0.25, 0.3) is 11.0 Å². The molecular formula is C23H26N4O3. The molecule has 2 N–H and O–H groups in total. The van der Waals surface area contributed by atoms with Gasteiger partial charge in [0.1, 0.15) is 12.4 Å². The molecule has 2 heterocycles. The van der Waals surface area contributed by atoms with Crippen molar-refractivity contribution >= 4 is 22.8 Å². The second kappa shape index (κ2) is 9.54. The predicted molar refractivity (Wildman–Crippen MR) is 114 cm³/mol. The minimum atomic E-state index is -0.186. The Bertz CT molecular complexity index is 969. The van der Waals surface area contributed by atoms with E-state index in [9.17, 15) is 9.59 Å². The van der Waals surface area contributed by atoms with Crippen molar-refractivity contribution in [2.75, 3.05) is 26.2 Å². The van der Waals surface area contributed by atoms with Gasteiger partial charge in [-0.2, -0.15) is 0 Å². The summed E-state index contributed by atoms with van der Waals surface area (Å²) in [5.41, 5.74) is 3.08. The maximum atomic E-state index is 12.2. The number of morpholine rings is 1. The van der Waals surface area contributed by atoms with Gasteiger partial charge in [0.2, 0.25) is 11.8 Å². The molecule has 2 aromatic carbocycles. The van der Waals surface area contributed by atoms with Gasteiger partial charge in [-0.15, -0.1) is 0 Å². The van der Waals surface area contributed by atoms with Crippen LogP contribution in [0, 0.1) is 0 Å². The maximum absolute atomic E-state index is 12.2. The zero-order chi connectivity index (χ0) is 20.8. The van der Waals surface area contributed by atoms with E-state index in [0.29, 0.717) is 32.5 Å². The van der Waals surface area contributed by atoms with Crippen LogP contribution < -0.4 is 5.32 Å². The molecule has 156 valence electrons. The first-order valence-corrected chi connectivity index (χ1v) is 10.3. The lowest BCUT2D eigenvalue weighted by Gasteiger charge is -2.33. The summed E-state index contributed by atoms with van der Waals surface area (Å²) in [6, 6.07) is 17.9. The van der Waals surface area contributed by atoms with Crippen LogP contribution in [0.5, 0.6) is 0 Å². The smallest absolute Gasteiger partial charge is 0.248 e. The van der Waals surface area contributed by atoms with E-state index < -0.39 is 0 Å². The van der Waals surface area contributed by atoms with Crippen molar-refractivity contribution in [1.82, 2.24) is 20.2 Å². The van der Waals surface area contributed by atoms with Crippen molar-refractivity contribution in [3.63, 3.8) is 0 Å². The summed E-state index contributed by atoms with van der Waals surface area (Å²) >= 11 is 0. The van der Waals surface area contributed by atoms with Crippen molar-refractivity contribution in [3.8, 4) is 0 Å². The molecule has 0 spiro atoms. The van der Waals surface area contributed by atoms with Crippen LogP contribution in [0.15, 0.2) is 54.6 Å². The number of amides is 2. The quantitative estimate of drug-likeness (QED) is 0.600. The van der Waals surface area contributed by atoms with E-state index in [1.165, 1.54) is 5.56 Å². The largest absolute Gasteiger partial charge is 0.365 e. The number of nitrogens with zero attached hydrogens (tertiary/aromatic N) is 2. The molecule has 2 amide bonds. The van der Waals surface area contributed by atoms with Crippen LogP contribution in [0.1, 0.15) is 17.8 Å². The third kappa shape index (κ3) is 5.24. The molecule has 1 unspecified atom stereocenters. The molecule has 1 fully saturated rings. The lowest BCUT2D eigenvalue weighted by atomic mass is 10.1. The molecule has 0 saturated carbocycles. The average molecular weight is 406 g/mol. The lowest BCUT2D eigenvalue weighted by Crippen LogP contribution is -2.51. The summed E-state index contributed by atoms with van der Waals surface area (Å²) in [6.07, 6.45) is 1.52. The highest BCUT2D eigenvalue weighted by Gasteiger charge is 2.26. The van der Waals surface area contributed by atoms with E-state index >= 15 is 0 Å². The van der Waals surface area contributed by atoms with Crippen molar-refractivity contribution in [3.05, 3.63) is 66.0 Å². The van der Waals surface area contributed by atoms with Crippen LogP contribution in [0.2, 0.25) is 0 Å². The number of aromatic amines is 1. The molecular weight excluding hydrogens is 380 g/mol. The predicted octanol–water partition coefficient (Wildman–Crippen LogP) is 2.08. The zero-order valence-corrected chi connectivity index (χ0v) is 16.8. The number of hydrogen-bond acceptors (Lipinski definition) is 4. The number of fused-ring (bicyclic) bond motifs is 1. The summed E-state index contributed by atoms with van der Waals surface area (Å²) in [7, 11) is 0. The number of nitrogens with one attached hydrogen (secondary N) is 2. The van der Waals surface area contributed by atoms with E-state index in [1.807, 2.05) is 47.4 Å². The van der Waals surface area contributed by atoms with E-state index in [2.05, 4.69) is 27.4 Å². The Morgan fingerprint density at radius 3 is 2.77 bits per heavy atom. The number of para-hydroxylation sites is 2. The van der Waals surface area contributed by atoms with Gasteiger partial charge in [-0.1, -0.05) is 42.5 Å². The second-order valence-corrected chi connectivity index (χ2v) is 7.51. The van der Waals surface area contributed by atoms with Crippen LogP contribution in [0.3, 0.4) is 0 Å². The second-order valence-electron chi connectivity index (χ2n) is 7.51. The third-order valence-electron chi connectivity index (χ3n) is 5.29. The van der Waals surface area contributed by atoms with Gasteiger partial charge in [0.05, 0.1) is 17.1 Å². The highest BCUT2D eigenvalue weighted by Crippen LogP contribution is 2.12. The standard InChI is InChI=1S/C23H26N4O3/c28-22(11-10-21-25-19-8-4-5-9-20(19)26-21)24-14-18-15-27(23(29)16-30-18)13-12-17-6-2-1-3-7-17/h1-9,18H,10-16H2,(H,24,28)(H,25,26). The maximum Gasteiger partial charge on any atom is 0.248 e. The third-order valence-corrected chi connectivity index (χ3v) is 5.29. The molecule has 1 saturated heterocycles. The van der Waals surface area contributed by atoms with E-state index in [1.54, 1.807) is 0 Å². The molecule has 4 rings (SSSR count). The summed E-state index contributed by atoms with van der Waals surface area (Å²) in [5.74, 6) is 0.753. The molecule has 0 bridgehead atoms. The molecule has 1 aliphatic heterocycles. The number of carbonyl (C=O) groups excluding carboxylic acids is 2. The van der Waals surface area contributed by atoms with Crippen molar-refractivity contribution < 1.29 is 14.3 Å². The molecule has 1 atom stereocenters. The minimum Gasteiger partial charge on any atom is -0.365 e. The summed E-state index contributed by atoms with van der Waals surface area (Å²) < 4.78 is 5.60. The summed E-state index contributed by atoms with van der Waals surface area (Å²) in [5, 5.41) is 2.92. The van der Waals surface area contributed by atoms with Crippen LogP contribution in [-0.4, -0.2) is 59.0 Å². The molecule has 7 nitrogen and oxygen atoms in total. The van der Waals surface area contributed by atoms with Crippen LogP contribution in [-0.2, 0) is 27.2 Å².